The Morgan fingerprint density at radius 1 is 1.37 bits per heavy atom. The molecule has 0 radical (unpaired) electrons. The van der Waals surface area contributed by atoms with E-state index in [4.69, 9.17) is 4.74 Å². The van der Waals surface area contributed by atoms with Crippen molar-refractivity contribution < 1.29 is 9.13 Å². The quantitative estimate of drug-likeness (QED) is 0.890. The Morgan fingerprint density at radius 3 is 2.74 bits per heavy atom. The lowest BCUT2D eigenvalue weighted by Gasteiger charge is -2.08. The topological polar surface area (TPSA) is 52.0 Å². The van der Waals surface area contributed by atoms with Crippen LogP contribution in [0.3, 0.4) is 0 Å². The highest BCUT2D eigenvalue weighted by atomic mass is 19.1. The molecule has 0 aliphatic carbocycles. The van der Waals surface area contributed by atoms with E-state index >= 15 is 0 Å². The van der Waals surface area contributed by atoms with Crippen LogP contribution in [-0.2, 0) is 20.2 Å². The van der Waals surface area contributed by atoms with Crippen molar-refractivity contribution in [2.24, 2.45) is 7.05 Å². The lowest BCUT2D eigenvalue weighted by Crippen LogP contribution is -2.07. The van der Waals surface area contributed by atoms with Crippen molar-refractivity contribution in [3.8, 4) is 5.75 Å². The van der Waals surface area contributed by atoms with E-state index in [1.165, 1.54) is 6.07 Å². The Bertz CT molecular complexity index is 568. The van der Waals surface area contributed by atoms with Crippen LogP contribution in [0.4, 0.5) is 4.39 Å². The maximum Gasteiger partial charge on any atom is 0.170 e. The number of hydrogen-bond acceptors (Lipinski definition) is 4. The first kappa shape index (κ1) is 13.5. The minimum atomic E-state index is -0.369. The van der Waals surface area contributed by atoms with Gasteiger partial charge < -0.3 is 14.6 Å². The van der Waals surface area contributed by atoms with Gasteiger partial charge in [-0.2, -0.15) is 0 Å². The van der Waals surface area contributed by atoms with Gasteiger partial charge in [0.25, 0.3) is 0 Å². The Labute approximate surface area is 111 Å². The molecule has 2 aromatic rings. The van der Waals surface area contributed by atoms with Gasteiger partial charge >= 0.3 is 0 Å². The van der Waals surface area contributed by atoms with Crippen molar-refractivity contribution in [2.45, 2.75) is 20.1 Å². The maximum atomic E-state index is 13.8. The van der Waals surface area contributed by atoms with Crippen molar-refractivity contribution in [1.29, 1.82) is 0 Å². The molecule has 0 saturated carbocycles. The Balaban J connectivity index is 2.05. The number of aryl methyl sites for hydroxylation is 1. The minimum absolute atomic E-state index is 0.194. The summed E-state index contributed by atoms with van der Waals surface area (Å²) in [5.74, 6) is 1.31. The lowest BCUT2D eigenvalue weighted by molar-refractivity contribution is 0.276. The molecule has 1 heterocycles. The summed E-state index contributed by atoms with van der Waals surface area (Å²) in [4.78, 5) is 0. The van der Waals surface area contributed by atoms with Gasteiger partial charge in [-0.3, -0.25) is 0 Å². The molecule has 0 saturated heterocycles. The molecule has 1 aromatic carbocycles. The van der Waals surface area contributed by atoms with Gasteiger partial charge in [-0.1, -0.05) is 6.07 Å². The van der Waals surface area contributed by atoms with Crippen molar-refractivity contribution in [2.75, 3.05) is 7.05 Å². The van der Waals surface area contributed by atoms with E-state index in [0.717, 1.165) is 11.4 Å². The molecule has 0 unspecified atom stereocenters. The second-order valence-corrected chi connectivity index (χ2v) is 4.31. The first-order valence-corrected chi connectivity index (χ1v) is 6.02. The maximum absolute atomic E-state index is 13.8. The normalized spacial score (nSPS) is 10.7. The molecular weight excluding hydrogens is 247 g/mol. The summed E-state index contributed by atoms with van der Waals surface area (Å²) in [5, 5.41) is 10.9. The molecule has 0 aliphatic rings. The zero-order valence-corrected chi connectivity index (χ0v) is 11.3. The van der Waals surface area contributed by atoms with Gasteiger partial charge in [-0.25, -0.2) is 4.39 Å². The molecule has 0 atom stereocenters. The third-order valence-electron chi connectivity index (χ3n) is 2.92. The average molecular weight is 264 g/mol. The number of hydrogen-bond donors (Lipinski definition) is 1. The fourth-order valence-electron chi connectivity index (χ4n) is 1.69. The first-order chi connectivity index (χ1) is 9.11. The van der Waals surface area contributed by atoms with Gasteiger partial charge in [-0.15, -0.1) is 10.2 Å². The standard InChI is InChI=1S/C13H17FN4O/c1-9-16-17-13(18(9)3)8-19-12-5-4-10(7-15-2)6-11(12)14/h4-6,15H,7-8H2,1-3H3. The van der Waals surface area contributed by atoms with Crippen LogP contribution in [0.25, 0.3) is 0 Å². The Morgan fingerprint density at radius 2 is 2.16 bits per heavy atom. The van der Waals surface area contributed by atoms with Crippen LogP contribution in [0, 0.1) is 12.7 Å². The molecule has 1 aromatic heterocycles. The number of rotatable bonds is 5. The molecule has 0 amide bonds. The smallest absolute Gasteiger partial charge is 0.170 e. The largest absolute Gasteiger partial charge is 0.483 e. The molecular formula is C13H17FN4O. The molecule has 0 bridgehead atoms. The number of nitrogens with zero attached hydrogens (tertiary/aromatic N) is 3. The highest BCUT2D eigenvalue weighted by molar-refractivity contribution is 5.29. The van der Waals surface area contributed by atoms with Gasteiger partial charge in [0.15, 0.2) is 17.4 Å². The van der Waals surface area contributed by atoms with Crippen molar-refractivity contribution in [3.63, 3.8) is 0 Å². The molecule has 19 heavy (non-hydrogen) atoms. The molecule has 1 N–H and O–H groups in total. The highest BCUT2D eigenvalue weighted by Crippen LogP contribution is 2.19. The van der Waals surface area contributed by atoms with E-state index in [1.807, 2.05) is 31.7 Å². The van der Waals surface area contributed by atoms with E-state index in [9.17, 15) is 4.39 Å². The van der Waals surface area contributed by atoms with Crippen LogP contribution in [0.2, 0.25) is 0 Å². The van der Waals surface area contributed by atoms with Crippen LogP contribution in [-0.4, -0.2) is 21.8 Å². The van der Waals surface area contributed by atoms with Crippen LogP contribution < -0.4 is 10.1 Å². The second-order valence-electron chi connectivity index (χ2n) is 4.31. The van der Waals surface area contributed by atoms with Gasteiger partial charge in [0.2, 0.25) is 0 Å². The summed E-state index contributed by atoms with van der Waals surface area (Å²) in [6, 6.07) is 4.93. The first-order valence-electron chi connectivity index (χ1n) is 6.02. The molecule has 5 nitrogen and oxygen atoms in total. The summed E-state index contributed by atoms with van der Waals surface area (Å²) >= 11 is 0. The average Bonchev–Trinajstić information content (AvgIpc) is 2.70. The van der Waals surface area contributed by atoms with Crippen LogP contribution in [0.5, 0.6) is 5.75 Å². The van der Waals surface area contributed by atoms with E-state index in [2.05, 4.69) is 15.5 Å². The van der Waals surface area contributed by atoms with Gasteiger partial charge in [0.1, 0.15) is 12.4 Å². The highest BCUT2D eigenvalue weighted by Gasteiger charge is 2.08. The summed E-state index contributed by atoms with van der Waals surface area (Å²) in [5.41, 5.74) is 0.877. The van der Waals surface area contributed by atoms with Crippen LogP contribution >= 0.6 is 0 Å². The van der Waals surface area contributed by atoms with Crippen LogP contribution in [0.1, 0.15) is 17.2 Å². The summed E-state index contributed by atoms with van der Waals surface area (Å²) in [7, 11) is 3.67. The molecule has 0 spiro atoms. The molecule has 6 heteroatoms. The predicted molar refractivity (Wildman–Crippen MR) is 69.2 cm³/mol. The number of nitrogens with one attached hydrogen (secondary N) is 1. The van der Waals surface area contributed by atoms with E-state index < -0.39 is 0 Å². The molecule has 2 rings (SSSR count). The van der Waals surface area contributed by atoms with Gasteiger partial charge in [0.05, 0.1) is 0 Å². The second kappa shape index (κ2) is 5.79. The molecule has 0 aliphatic heterocycles. The fraction of sp³-hybridized carbons (Fsp3) is 0.385. The lowest BCUT2D eigenvalue weighted by atomic mass is 10.2. The predicted octanol–water partition coefficient (Wildman–Crippen LogP) is 1.56. The monoisotopic (exact) mass is 264 g/mol. The number of ether oxygens (including phenoxy) is 1. The molecule has 102 valence electrons. The number of aromatic nitrogens is 3. The summed E-state index contributed by atoms with van der Waals surface area (Å²) in [6.07, 6.45) is 0. The zero-order chi connectivity index (χ0) is 13.8. The third-order valence-corrected chi connectivity index (χ3v) is 2.92. The third kappa shape index (κ3) is 3.08. The van der Waals surface area contributed by atoms with Crippen molar-refractivity contribution in [1.82, 2.24) is 20.1 Å². The SMILES string of the molecule is CNCc1ccc(OCc2nnc(C)n2C)c(F)c1. The zero-order valence-electron chi connectivity index (χ0n) is 11.3. The Hall–Kier alpha value is -1.95. The minimum Gasteiger partial charge on any atom is -0.483 e. The summed E-state index contributed by atoms with van der Waals surface area (Å²) in [6.45, 7) is 2.67. The fourth-order valence-corrected chi connectivity index (χ4v) is 1.69. The van der Waals surface area contributed by atoms with E-state index in [1.54, 1.807) is 6.07 Å². The van der Waals surface area contributed by atoms with E-state index in [-0.39, 0.29) is 18.2 Å². The van der Waals surface area contributed by atoms with Gasteiger partial charge in [-0.05, 0) is 31.7 Å². The molecule has 0 fully saturated rings. The van der Waals surface area contributed by atoms with Crippen molar-refractivity contribution in [3.05, 3.63) is 41.2 Å². The Kier molecular flexibility index (Phi) is 4.11. The van der Waals surface area contributed by atoms with Gasteiger partial charge in [0, 0.05) is 13.6 Å². The van der Waals surface area contributed by atoms with Crippen molar-refractivity contribution >= 4 is 0 Å². The summed E-state index contributed by atoms with van der Waals surface area (Å²) < 4.78 is 21.0. The van der Waals surface area contributed by atoms with Crippen LogP contribution in [0.15, 0.2) is 18.2 Å². The van der Waals surface area contributed by atoms with E-state index in [0.29, 0.717) is 12.4 Å². The number of halogens is 1. The number of benzene rings is 1.